The molecule has 0 spiro atoms. The van der Waals surface area contributed by atoms with Gasteiger partial charge in [0.15, 0.2) is 0 Å². The maximum absolute atomic E-state index is 13.0. The Morgan fingerprint density at radius 2 is 2.24 bits per heavy atom. The fourth-order valence-corrected chi connectivity index (χ4v) is 1.09. The molecule has 0 amide bonds. The summed E-state index contributed by atoms with van der Waals surface area (Å²) in [5, 5.41) is 17.8. The van der Waals surface area contributed by atoms with Gasteiger partial charge in [0.2, 0.25) is 0 Å². The number of aliphatic hydroxyl groups excluding tert-OH is 1. The monoisotopic (exact) mass is 243 g/mol. The van der Waals surface area contributed by atoms with Gasteiger partial charge in [0.05, 0.1) is 17.7 Å². The lowest BCUT2D eigenvalue weighted by atomic mass is 10.2. The van der Waals surface area contributed by atoms with E-state index >= 15 is 0 Å². The van der Waals surface area contributed by atoms with Gasteiger partial charge in [0.1, 0.15) is 18.2 Å². The third-order valence-corrected chi connectivity index (χ3v) is 2.23. The van der Waals surface area contributed by atoms with E-state index in [9.17, 15) is 9.18 Å². The second-order valence-corrected chi connectivity index (χ2v) is 3.66. The van der Waals surface area contributed by atoms with Crippen LogP contribution < -0.4 is 10.5 Å². The molecule has 17 heavy (non-hydrogen) atoms. The molecule has 1 aromatic carbocycles. The number of halogens is 1. The van der Waals surface area contributed by atoms with Gasteiger partial charge in [0, 0.05) is 0 Å². The van der Waals surface area contributed by atoms with E-state index in [1.165, 1.54) is 13.0 Å². The van der Waals surface area contributed by atoms with Gasteiger partial charge in [-0.1, -0.05) is 0 Å². The number of aromatic carboxylic acids is 1. The Bertz CT molecular complexity index is 408. The molecule has 0 heterocycles. The molecule has 0 aliphatic heterocycles. The first kappa shape index (κ1) is 13.4. The van der Waals surface area contributed by atoms with Crippen LogP contribution in [0.1, 0.15) is 17.3 Å². The van der Waals surface area contributed by atoms with Gasteiger partial charge < -0.3 is 20.7 Å². The van der Waals surface area contributed by atoms with Crippen LogP contribution in [-0.2, 0) is 0 Å². The largest absolute Gasteiger partial charge is 0.492 e. The van der Waals surface area contributed by atoms with Crippen molar-refractivity contribution in [1.29, 1.82) is 0 Å². The summed E-state index contributed by atoms with van der Waals surface area (Å²) in [5.74, 6) is -2.00. The standard InChI is InChI=1S/C11H14FNO4/c1-6(14)10(13)5-17-7-2-3-9(12)8(4-7)11(15)16/h2-4,6,10,14H,5,13H2,1H3,(H,15,16). The molecule has 94 valence electrons. The van der Waals surface area contributed by atoms with Crippen molar-refractivity contribution in [2.75, 3.05) is 6.61 Å². The molecule has 4 N–H and O–H groups in total. The molecule has 0 aromatic heterocycles. The van der Waals surface area contributed by atoms with Crippen LogP contribution >= 0.6 is 0 Å². The summed E-state index contributed by atoms with van der Waals surface area (Å²) in [6, 6.07) is 2.80. The second kappa shape index (κ2) is 5.60. The van der Waals surface area contributed by atoms with E-state index < -0.39 is 29.5 Å². The highest BCUT2D eigenvalue weighted by atomic mass is 19.1. The zero-order valence-electron chi connectivity index (χ0n) is 9.26. The number of hydrogen-bond donors (Lipinski definition) is 3. The SMILES string of the molecule is CC(O)C(N)COc1ccc(F)c(C(=O)O)c1. The Balaban J connectivity index is 2.73. The fraction of sp³-hybridized carbons (Fsp3) is 0.364. The number of carbonyl (C=O) groups is 1. The summed E-state index contributed by atoms with van der Waals surface area (Å²) in [6.45, 7) is 1.53. The molecule has 0 saturated heterocycles. The van der Waals surface area contributed by atoms with Crippen LogP contribution in [0.25, 0.3) is 0 Å². The molecule has 0 aliphatic rings. The molecule has 5 nitrogen and oxygen atoms in total. The smallest absolute Gasteiger partial charge is 0.338 e. The van der Waals surface area contributed by atoms with E-state index in [4.69, 9.17) is 20.7 Å². The Hall–Kier alpha value is -1.66. The van der Waals surface area contributed by atoms with Crippen LogP contribution in [0.4, 0.5) is 4.39 Å². The molecule has 0 saturated carbocycles. The highest BCUT2D eigenvalue weighted by Gasteiger charge is 2.13. The van der Waals surface area contributed by atoms with Crippen molar-refractivity contribution in [2.45, 2.75) is 19.1 Å². The number of aliphatic hydroxyl groups is 1. The average molecular weight is 243 g/mol. The fourth-order valence-electron chi connectivity index (χ4n) is 1.09. The van der Waals surface area contributed by atoms with Crippen molar-refractivity contribution in [3.8, 4) is 5.75 Å². The van der Waals surface area contributed by atoms with Gasteiger partial charge in [-0.05, 0) is 25.1 Å². The summed E-state index contributed by atoms with van der Waals surface area (Å²) in [7, 11) is 0. The topological polar surface area (TPSA) is 92.8 Å². The van der Waals surface area contributed by atoms with Crippen LogP contribution in [0, 0.1) is 5.82 Å². The van der Waals surface area contributed by atoms with Gasteiger partial charge >= 0.3 is 5.97 Å². The molecule has 1 rings (SSSR count). The van der Waals surface area contributed by atoms with E-state index in [1.807, 2.05) is 0 Å². The molecule has 2 atom stereocenters. The number of rotatable bonds is 5. The number of carboxylic acids is 1. The number of carboxylic acid groups (broad SMARTS) is 1. The zero-order chi connectivity index (χ0) is 13.0. The molecule has 0 aliphatic carbocycles. The lowest BCUT2D eigenvalue weighted by Crippen LogP contribution is -2.37. The van der Waals surface area contributed by atoms with Crippen molar-refractivity contribution < 1.29 is 24.1 Å². The van der Waals surface area contributed by atoms with Crippen molar-refractivity contribution >= 4 is 5.97 Å². The second-order valence-electron chi connectivity index (χ2n) is 3.66. The maximum Gasteiger partial charge on any atom is 0.338 e. The third-order valence-electron chi connectivity index (χ3n) is 2.23. The predicted octanol–water partition coefficient (Wildman–Crippen LogP) is 0.611. The number of nitrogens with two attached hydrogens (primary N) is 1. The van der Waals surface area contributed by atoms with Gasteiger partial charge in [-0.3, -0.25) is 0 Å². The lowest BCUT2D eigenvalue weighted by Gasteiger charge is -2.15. The van der Waals surface area contributed by atoms with Crippen LogP contribution in [0.15, 0.2) is 18.2 Å². The minimum atomic E-state index is -1.37. The molecule has 2 unspecified atom stereocenters. The van der Waals surface area contributed by atoms with Crippen molar-refractivity contribution in [3.05, 3.63) is 29.6 Å². The van der Waals surface area contributed by atoms with Crippen LogP contribution in [0.2, 0.25) is 0 Å². The van der Waals surface area contributed by atoms with Crippen LogP contribution in [0.3, 0.4) is 0 Å². The Morgan fingerprint density at radius 1 is 1.59 bits per heavy atom. The normalized spacial score (nSPS) is 14.1. The average Bonchev–Trinajstić information content (AvgIpc) is 2.26. The molecule has 1 aromatic rings. The Morgan fingerprint density at radius 3 is 2.76 bits per heavy atom. The third kappa shape index (κ3) is 3.69. The first-order valence-electron chi connectivity index (χ1n) is 5.01. The summed E-state index contributed by atoms with van der Waals surface area (Å²) < 4.78 is 18.2. The molecular weight excluding hydrogens is 229 g/mol. The van der Waals surface area contributed by atoms with Crippen LogP contribution in [-0.4, -0.2) is 34.9 Å². The molecule has 6 heteroatoms. The Kier molecular flexibility index (Phi) is 4.42. The highest BCUT2D eigenvalue weighted by Crippen LogP contribution is 2.17. The first-order chi connectivity index (χ1) is 7.91. The van der Waals surface area contributed by atoms with Crippen molar-refractivity contribution in [3.63, 3.8) is 0 Å². The van der Waals surface area contributed by atoms with E-state index in [0.717, 1.165) is 12.1 Å². The quantitative estimate of drug-likeness (QED) is 0.704. The zero-order valence-corrected chi connectivity index (χ0v) is 9.26. The predicted molar refractivity (Wildman–Crippen MR) is 58.5 cm³/mol. The summed E-state index contributed by atoms with van der Waals surface area (Å²) in [5.41, 5.74) is 5.06. The highest BCUT2D eigenvalue weighted by molar-refractivity contribution is 5.88. The van der Waals surface area contributed by atoms with Gasteiger partial charge in [-0.25, -0.2) is 9.18 Å². The van der Waals surface area contributed by atoms with E-state index in [-0.39, 0.29) is 12.4 Å². The summed E-state index contributed by atoms with van der Waals surface area (Å²) in [4.78, 5) is 10.7. The van der Waals surface area contributed by atoms with Crippen molar-refractivity contribution in [1.82, 2.24) is 0 Å². The summed E-state index contributed by atoms with van der Waals surface area (Å²) in [6.07, 6.45) is -0.741. The molecule has 0 bridgehead atoms. The number of benzene rings is 1. The van der Waals surface area contributed by atoms with Crippen molar-refractivity contribution in [2.24, 2.45) is 5.73 Å². The maximum atomic E-state index is 13.0. The Labute approximate surface area is 97.6 Å². The number of ether oxygens (including phenoxy) is 1. The van der Waals surface area contributed by atoms with Gasteiger partial charge in [-0.15, -0.1) is 0 Å². The number of hydrogen-bond acceptors (Lipinski definition) is 4. The molecule has 0 fully saturated rings. The van der Waals surface area contributed by atoms with Gasteiger partial charge in [-0.2, -0.15) is 0 Å². The van der Waals surface area contributed by atoms with Gasteiger partial charge in [0.25, 0.3) is 0 Å². The lowest BCUT2D eigenvalue weighted by molar-refractivity contribution is 0.0691. The van der Waals surface area contributed by atoms with E-state index in [1.54, 1.807) is 0 Å². The minimum Gasteiger partial charge on any atom is -0.492 e. The molecule has 0 radical (unpaired) electrons. The van der Waals surface area contributed by atoms with E-state index in [2.05, 4.69) is 0 Å². The first-order valence-corrected chi connectivity index (χ1v) is 5.01. The minimum absolute atomic E-state index is 0.0162. The molecular formula is C11H14FNO4. The van der Waals surface area contributed by atoms with E-state index in [0.29, 0.717) is 0 Å². The summed E-state index contributed by atoms with van der Waals surface area (Å²) >= 11 is 0. The van der Waals surface area contributed by atoms with Crippen LogP contribution in [0.5, 0.6) is 5.75 Å².